The fourth-order valence-corrected chi connectivity index (χ4v) is 2.77. The number of likely N-dealkylation sites (N-methyl/N-ethyl adjacent to an activating group) is 1. The maximum absolute atomic E-state index is 10.2. The van der Waals surface area contributed by atoms with E-state index in [1.165, 1.54) is 0 Å². The molecule has 1 unspecified atom stereocenters. The van der Waals surface area contributed by atoms with Crippen molar-refractivity contribution in [2.24, 2.45) is 0 Å². The summed E-state index contributed by atoms with van der Waals surface area (Å²) in [7, 11) is 5.64. The van der Waals surface area contributed by atoms with Gasteiger partial charge in [0, 0.05) is 44.3 Å². The van der Waals surface area contributed by atoms with Gasteiger partial charge in [0.15, 0.2) is 11.5 Å². The van der Waals surface area contributed by atoms with Crippen LogP contribution < -0.4 is 9.47 Å². The summed E-state index contributed by atoms with van der Waals surface area (Å²) in [6.07, 6.45) is 4.59. The predicted octanol–water partition coefficient (Wildman–Crippen LogP) is 2.20. The van der Waals surface area contributed by atoms with Crippen LogP contribution in [0.4, 0.5) is 0 Å². The Morgan fingerprint density at radius 3 is 2.54 bits per heavy atom. The first kappa shape index (κ1) is 22.1. The van der Waals surface area contributed by atoms with Crippen LogP contribution in [-0.2, 0) is 13.1 Å². The van der Waals surface area contributed by atoms with E-state index >= 15 is 0 Å². The largest absolute Gasteiger partial charge is 0.493 e. The second-order valence-electron chi connectivity index (χ2n) is 7.35. The van der Waals surface area contributed by atoms with E-state index in [2.05, 4.69) is 33.6 Å². The Hall–Kier alpha value is -2.22. The number of aliphatic hydroxyl groups is 1. The highest BCUT2D eigenvalue weighted by Crippen LogP contribution is 2.28. The zero-order valence-corrected chi connectivity index (χ0v) is 17.5. The van der Waals surface area contributed by atoms with Crippen molar-refractivity contribution in [3.8, 4) is 11.5 Å². The summed E-state index contributed by atoms with van der Waals surface area (Å²) in [5.41, 5.74) is 2.04. The third-order valence-electron chi connectivity index (χ3n) is 4.54. The summed E-state index contributed by atoms with van der Waals surface area (Å²) in [4.78, 5) is 12.6. The molecule has 7 nitrogen and oxygen atoms in total. The van der Waals surface area contributed by atoms with Gasteiger partial charge in [-0.25, -0.2) is 0 Å². The van der Waals surface area contributed by atoms with Crippen molar-refractivity contribution in [1.82, 2.24) is 19.8 Å². The highest BCUT2D eigenvalue weighted by Gasteiger charge is 2.14. The lowest BCUT2D eigenvalue weighted by molar-refractivity contribution is 0.0668. The van der Waals surface area contributed by atoms with Crippen molar-refractivity contribution < 1.29 is 14.6 Å². The van der Waals surface area contributed by atoms with E-state index in [-0.39, 0.29) is 6.61 Å². The normalized spacial score (nSPS) is 12.6. The van der Waals surface area contributed by atoms with Gasteiger partial charge in [0.25, 0.3) is 0 Å². The minimum Gasteiger partial charge on any atom is -0.493 e. The molecule has 0 amide bonds. The quantitative estimate of drug-likeness (QED) is 0.633. The predicted molar refractivity (Wildman–Crippen MR) is 109 cm³/mol. The summed E-state index contributed by atoms with van der Waals surface area (Å²) in [6, 6.07) is 6.25. The molecule has 2 rings (SSSR count). The SMILES string of the molecule is COc1cc(CN(C)Cc2cnccn2)ccc1OCC(O)CN(C)C(C)C. The minimum atomic E-state index is -0.560. The summed E-state index contributed by atoms with van der Waals surface area (Å²) >= 11 is 0. The maximum Gasteiger partial charge on any atom is 0.161 e. The van der Waals surface area contributed by atoms with Crippen LogP contribution in [0.5, 0.6) is 11.5 Å². The molecule has 28 heavy (non-hydrogen) atoms. The molecule has 7 heteroatoms. The van der Waals surface area contributed by atoms with E-state index < -0.39 is 6.10 Å². The molecule has 1 atom stereocenters. The molecule has 1 heterocycles. The number of hydrogen-bond acceptors (Lipinski definition) is 7. The minimum absolute atomic E-state index is 0.222. The second-order valence-corrected chi connectivity index (χ2v) is 7.35. The number of benzene rings is 1. The van der Waals surface area contributed by atoms with Crippen LogP contribution in [0.25, 0.3) is 0 Å². The van der Waals surface area contributed by atoms with Crippen LogP contribution in [0, 0.1) is 0 Å². The third-order valence-corrected chi connectivity index (χ3v) is 4.54. The highest BCUT2D eigenvalue weighted by atomic mass is 16.5. The third kappa shape index (κ3) is 7.07. The van der Waals surface area contributed by atoms with E-state index in [1.807, 2.05) is 32.3 Å². The van der Waals surface area contributed by atoms with Gasteiger partial charge in [-0.3, -0.25) is 14.9 Å². The second kappa shape index (κ2) is 10.9. The molecule has 1 aromatic carbocycles. The number of aromatic nitrogens is 2. The summed E-state index contributed by atoms with van der Waals surface area (Å²) in [5.74, 6) is 1.30. The Balaban J connectivity index is 1.92. The molecule has 0 radical (unpaired) electrons. The van der Waals surface area contributed by atoms with Gasteiger partial charge in [-0.15, -0.1) is 0 Å². The molecule has 0 spiro atoms. The van der Waals surface area contributed by atoms with Crippen molar-refractivity contribution in [3.63, 3.8) is 0 Å². The molecule has 0 aliphatic heterocycles. The monoisotopic (exact) mass is 388 g/mol. The molecule has 0 aliphatic carbocycles. The van der Waals surface area contributed by atoms with Crippen LogP contribution in [0.15, 0.2) is 36.8 Å². The van der Waals surface area contributed by atoms with Gasteiger partial charge in [-0.2, -0.15) is 0 Å². The van der Waals surface area contributed by atoms with Crippen LogP contribution >= 0.6 is 0 Å². The smallest absolute Gasteiger partial charge is 0.161 e. The number of ether oxygens (including phenoxy) is 2. The van der Waals surface area contributed by atoms with Gasteiger partial charge < -0.3 is 19.5 Å². The van der Waals surface area contributed by atoms with Gasteiger partial charge in [0.2, 0.25) is 0 Å². The average Bonchev–Trinajstić information content (AvgIpc) is 2.67. The van der Waals surface area contributed by atoms with Gasteiger partial charge >= 0.3 is 0 Å². The van der Waals surface area contributed by atoms with E-state index in [1.54, 1.807) is 25.7 Å². The molecule has 0 bridgehead atoms. The van der Waals surface area contributed by atoms with Crippen LogP contribution in [-0.4, -0.2) is 71.4 Å². The van der Waals surface area contributed by atoms with Gasteiger partial charge in [0.1, 0.15) is 12.7 Å². The lowest BCUT2D eigenvalue weighted by Gasteiger charge is -2.24. The van der Waals surface area contributed by atoms with Crippen molar-refractivity contribution >= 4 is 0 Å². The lowest BCUT2D eigenvalue weighted by Crippen LogP contribution is -2.36. The van der Waals surface area contributed by atoms with Crippen molar-refractivity contribution in [1.29, 1.82) is 0 Å². The first-order valence-electron chi connectivity index (χ1n) is 9.50. The molecule has 0 saturated carbocycles. The molecule has 1 aromatic heterocycles. The summed E-state index contributed by atoms with van der Waals surface area (Å²) < 4.78 is 11.3. The molecule has 1 N–H and O–H groups in total. The van der Waals surface area contributed by atoms with Crippen molar-refractivity contribution in [2.75, 3.05) is 34.4 Å². The number of rotatable bonds is 11. The summed E-state index contributed by atoms with van der Waals surface area (Å²) in [6.45, 7) is 6.43. The van der Waals surface area contributed by atoms with Crippen LogP contribution in [0.1, 0.15) is 25.1 Å². The fraction of sp³-hybridized carbons (Fsp3) is 0.524. The van der Waals surface area contributed by atoms with Crippen LogP contribution in [0.3, 0.4) is 0 Å². The number of nitrogens with zero attached hydrogens (tertiary/aromatic N) is 4. The van der Waals surface area contributed by atoms with E-state index in [4.69, 9.17) is 9.47 Å². The topological polar surface area (TPSA) is 71.0 Å². The number of methoxy groups -OCH3 is 1. The zero-order valence-electron chi connectivity index (χ0n) is 17.5. The Morgan fingerprint density at radius 1 is 1.11 bits per heavy atom. The van der Waals surface area contributed by atoms with Gasteiger partial charge in [-0.05, 0) is 45.6 Å². The number of hydrogen-bond donors (Lipinski definition) is 1. The Kier molecular flexibility index (Phi) is 8.63. The van der Waals surface area contributed by atoms with E-state index in [0.29, 0.717) is 30.6 Å². The Labute approximate surface area is 167 Å². The van der Waals surface area contributed by atoms with Crippen molar-refractivity contribution in [3.05, 3.63) is 48.0 Å². The molecule has 0 fully saturated rings. The first-order valence-corrected chi connectivity index (χ1v) is 9.50. The maximum atomic E-state index is 10.2. The molecular weight excluding hydrogens is 356 g/mol. The fourth-order valence-electron chi connectivity index (χ4n) is 2.77. The van der Waals surface area contributed by atoms with Gasteiger partial charge in [-0.1, -0.05) is 6.07 Å². The number of aliphatic hydroxyl groups excluding tert-OH is 1. The average molecular weight is 389 g/mol. The standard InChI is InChI=1S/C21H32N4O3/c1-16(2)25(4)14-19(26)15-28-20-7-6-17(10-21(20)27-5)12-24(3)13-18-11-22-8-9-23-18/h6-11,16,19,26H,12-15H2,1-5H3. The first-order chi connectivity index (χ1) is 13.4. The Bertz CT molecular complexity index is 712. The Morgan fingerprint density at radius 2 is 1.89 bits per heavy atom. The molecule has 0 saturated heterocycles. The van der Waals surface area contributed by atoms with Gasteiger partial charge in [0.05, 0.1) is 12.8 Å². The van der Waals surface area contributed by atoms with Crippen LogP contribution in [0.2, 0.25) is 0 Å². The highest BCUT2D eigenvalue weighted by molar-refractivity contribution is 5.43. The van der Waals surface area contributed by atoms with E-state index in [9.17, 15) is 5.11 Å². The lowest BCUT2D eigenvalue weighted by atomic mass is 10.2. The zero-order chi connectivity index (χ0) is 20.5. The molecule has 154 valence electrons. The molecule has 0 aliphatic rings. The molecule has 2 aromatic rings. The molecular formula is C21H32N4O3. The van der Waals surface area contributed by atoms with E-state index in [0.717, 1.165) is 17.8 Å². The summed E-state index contributed by atoms with van der Waals surface area (Å²) in [5, 5.41) is 10.2. The van der Waals surface area contributed by atoms with Crippen molar-refractivity contribution in [2.45, 2.75) is 39.1 Å².